The lowest BCUT2D eigenvalue weighted by atomic mass is 10.2. The van der Waals surface area contributed by atoms with E-state index in [9.17, 15) is 4.79 Å². The molecule has 0 aliphatic rings. The molecular formula is C13H11ClO2S. The maximum atomic E-state index is 11.8. The Kier molecular flexibility index (Phi) is 3.82. The van der Waals surface area contributed by atoms with Crippen LogP contribution in [0.3, 0.4) is 0 Å². The molecule has 0 fully saturated rings. The molecule has 0 aliphatic carbocycles. The van der Waals surface area contributed by atoms with Crippen molar-refractivity contribution in [3.63, 3.8) is 0 Å². The van der Waals surface area contributed by atoms with E-state index >= 15 is 0 Å². The summed E-state index contributed by atoms with van der Waals surface area (Å²) in [5.74, 6) is -0.331. The number of esters is 1. The summed E-state index contributed by atoms with van der Waals surface area (Å²) in [6, 6.07) is 10.6. The summed E-state index contributed by atoms with van der Waals surface area (Å²) in [6.07, 6.45) is -0.224. The molecule has 4 heteroatoms. The summed E-state index contributed by atoms with van der Waals surface area (Å²) < 4.78 is 5.35. The monoisotopic (exact) mass is 266 g/mol. The molecule has 1 aromatic carbocycles. The van der Waals surface area contributed by atoms with Gasteiger partial charge in [0.15, 0.2) is 0 Å². The first-order chi connectivity index (χ1) is 8.16. The van der Waals surface area contributed by atoms with E-state index in [1.807, 2.05) is 24.4 Å². The van der Waals surface area contributed by atoms with Crippen LogP contribution in [0.1, 0.15) is 28.3 Å². The van der Waals surface area contributed by atoms with Crippen molar-refractivity contribution in [2.75, 3.05) is 0 Å². The van der Waals surface area contributed by atoms with E-state index in [1.54, 1.807) is 35.6 Å². The number of hydrogen-bond donors (Lipinski definition) is 0. The van der Waals surface area contributed by atoms with Crippen LogP contribution in [-0.4, -0.2) is 5.97 Å². The Hall–Kier alpha value is -1.32. The van der Waals surface area contributed by atoms with Gasteiger partial charge in [-0.3, -0.25) is 0 Å². The van der Waals surface area contributed by atoms with Crippen LogP contribution in [0.15, 0.2) is 41.8 Å². The van der Waals surface area contributed by atoms with Gasteiger partial charge < -0.3 is 4.74 Å². The van der Waals surface area contributed by atoms with E-state index in [-0.39, 0.29) is 12.1 Å². The van der Waals surface area contributed by atoms with Crippen LogP contribution in [0.5, 0.6) is 0 Å². The second-order valence-corrected chi connectivity index (χ2v) is 4.99. The maximum absolute atomic E-state index is 11.8. The molecule has 2 nitrogen and oxygen atoms in total. The Labute approximate surface area is 109 Å². The summed E-state index contributed by atoms with van der Waals surface area (Å²) in [7, 11) is 0. The van der Waals surface area contributed by atoms with E-state index in [0.29, 0.717) is 10.6 Å². The summed E-state index contributed by atoms with van der Waals surface area (Å²) in [5, 5.41) is 2.56. The van der Waals surface area contributed by atoms with Crippen LogP contribution in [0.25, 0.3) is 0 Å². The van der Waals surface area contributed by atoms with Gasteiger partial charge in [-0.2, -0.15) is 0 Å². The van der Waals surface area contributed by atoms with Crippen LogP contribution in [0.2, 0.25) is 5.02 Å². The van der Waals surface area contributed by atoms with E-state index in [2.05, 4.69) is 0 Å². The number of hydrogen-bond acceptors (Lipinski definition) is 3. The second kappa shape index (κ2) is 5.34. The maximum Gasteiger partial charge on any atom is 0.338 e. The first-order valence-electron chi connectivity index (χ1n) is 5.17. The molecular weight excluding hydrogens is 256 g/mol. The topological polar surface area (TPSA) is 26.3 Å². The lowest BCUT2D eigenvalue weighted by Crippen LogP contribution is -2.08. The predicted octanol–water partition coefficient (Wildman–Crippen LogP) is 4.32. The molecule has 88 valence electrons. The first kappa shape index (κ1) is 12.1. The molecule has 2 rings (SSSR count). The molecule has 0 bridgehead atoms. The van der Waals surface area contributed by atoms with Crippen molar-refractivity contribution in [1.82, 2.24) is 0 Å². The van der Waals surface area contributed by atoms with Gasteiger partial charge in [0, 0.05) is 9.90 Å². The highest BCUT2D eigenvalue weighted by molar-refractivity contribution is 7.10. The minimum atomic E-state index is -0.331. The molecule has 2 aromatic rings. The van der Waals surface area contributed by atoms with Crippen molar-refractivity contribution in [3.05, 3.63) is 57.2 Å². The smallest absolute Gasteiger partial charge is 0.338 e. The predicted molar refractivity (Wildman–Crippen MR) is 69.6 cm³/mol. The van der Waals surface area contributed by atoms with E-state index in [0.717, 1.165) is 4.88 Å². The minimum Gasteiger partial charge on any atom is -0.453 e. The van der Waals surface area contributed by atoms with Crippen LogP contribution in [-0.2, 0) is 4.74 Å². The SMILES string of the molecule is C[C@@H](OC(=O)c1ccc(Cl)cc1)c1cccs1. The minimum absolute atomic E-state index is 0.224. The average Bonchev–Trinajstić information content (AvgIpc) is 2.83. The van der Waals surface area contributed by atoms with Gasteiger partial charge in [0.2, 0.25) is 0 Å². The normalized spacial score (nSPS) is 12.1. The molecule has 0 radical (unpaired) electrons. The first-order valence-corrected chi connectivity index (χ1v) is 6.42. The number of halogens is 1. The van der Waals surface area contributed by atoms with Gasteiger partial charge in [-0.05, 0) is 42.6 Å². The summed E-state index contributed by atoms with van der Waals surface area (Å²) in [4.78, 5) is 12.8. The van der Waals surface area contributed by atoms with Crippen LogP contribution < -0.4 is 0 Å². The second-order valence-electron chi connectivity index (χ2n) is 3.57. The Bertz CT molecular complexity index is 491. The third-order valence-corrected chi connectivity index (χ3v) is 3.59. The molecule has 17 heavy (non-hydrogen) atoms. The number of benzene rings is 1. The third kappa shape index (κ3) is 3.08. The van der Waals surface area contributed by atoms with E-state index in [1.165, 1.54) is 0 Å². The largest absolute Gasteiger partial charge is 0.453 e. The lowest BCUT2D eigenvalue weighted by Gasteiger charge is -2.11. The molecule has 0 unspecified atom stereocenters. The summed E-state index contributed by atoms with van der Waals surface area (Å²) in [5.41, 5.74) is 0.512. The van der Waals surface area contributed by atoms with Gasteiger partial charge in [0.25, 0.3) is 0 Å². The summed E-state index contributed by atoms with van der Waals surface area (Å²) in [6.45, 7) is 1.86. The molecule has 0 spiro atoms. The Balaban J connectivity index is 2.04. The van der Waals surface area contributed by atoms with Gasteiger partial charge in [0.05, 0.1) is 5.56 Å². The van der Waals surface area contributed by atoms with Crippen molar-refractivity contribution < 1.29 is 9.53 Å². The van der Waals surface area contributed by atoms with Crippen molar-refractivity contribution in [3.8, 4) is 0 Å². The molecule has 1 aromatic heterocycles. The highest BCUT2D eigenvalue weighted by Crippen LogP contribution is 2.23. The molecule has 0 aliphatic heterocycles. The Morgan fingerprint density at radius 1 is 1.29 bits per heavy atom. The molecule has 1 atom stereocenters. The van der Waals surface area contributed by atoms with Gasteiger partial charge in [-0.15, -0.1) is 11.3 Å². The highest BCUT2D eigenvalue weighted by Gasteiger charge is 2.13. The molecule has 0 amide bonds. The third-order valence-electron chi connectivity index (χ3n) is 2.31. The van der Waals surface area contributed by atoms with Crippen LogP contribution in [0, 0.1) is 0 Å². The van der Waals surface area contributed by atoms with Crippen molar-refractivity contribution in [1.29, 1.82) is 0 Å². The van der Waals surface area contributed by atoms with Gasteiger partial charge >= 0.3 is 5.97 Å². The van der Waals surface area contributed by atoms with Crippen molar-refractivity contribution in [2.24, 2.45) is 0 Å². The zero-order valence-electron chi connectivity index (χ0n) is 9.22. The fourth-order valence-corrected chi connectivity index (χ4v) is 2.23. The van der Waals surface area contributed by atoms with Gasteiger partial charge in [0.1, 0.15) is 6.10 Å². The lowest BCUT2D eigenvalue weighted by molar-refractivity contribution is 0.0345. The Morgan fingerprint density at radius 2 is 2.00 bits per heavy atom. The van der Waals surface area contributed by atoms with E-state index < -0.39 is 0 Å². The molecule has 0 saturated carbocycles. The molecule has 1 heterocycles. The van der Waals surface area contributed by atoms with Crippen molar-refractivity contribution in [2.45, 2.75) is 13.0 Å². The number of carbonyl (C=O) groups is 1. The van der Waals surface area contributed by atoms with Crippen LogP contribution in [0.4, 0.5) is 0 Å². The van der Waals surface area contributed by atoms with E-state index in [4.69, 9.17) is 16.3 Å². The fraction of sp³-hybridized carbons (Fsp3) is 0.154. The van der Waals surface area contributed by atoms with Crippen LogP contribution >= 0.6 is 22.9 Å². The zero-order valence-corrected chi connectivity index (χ0v) is 10.8. The molecule has 0 N–H and O–H groups in total. The average molecular weight is 267 g/mol. The zero-order chi connectivity index (χ0) is 12.3. The van der Waals surface area contributed by atoms with Gasteiger partial charge in [-0.1, -0.05) is 17.7 Å². The fourth-order valence-electron chi connectivity index (χ4n) is 1.40. The number of thiophene rings is 1. The highest BCUT2D eigenvalue weighted by atomic mass is 35.5. The molecule has 0 saturated heterocycles. The van der Waals surface area contributed by atoms with Crippen molar-refractivity contribution >= 4 is 28.9 Å². The number of ether oxygens (including phenoxy) is 1. The van der Waals surface area contributed by atoms with Gasteiger partial charge in [-0.25, -0.2) is 4.79 Å². The quantitative estimate of drug-likeness (QED) is 0.774. The number of rotatable bonds is 3. The number of carbonyl (C=O) groups excluding carboxylic acids is 1. The standard InChI is InChI=1S/C13H11ClO2S/c1-9(12-3-2-8-17-12)16-13(15)10-4-6-11(14)7-5-10/h2-9H,1H3/t9-/m1/s1. The summed E-state index contributed by atoms with van der Waals surface area (Å²) >= 11 is 7.33. The Morgan fingerprint density at radius 3 is 2.59 bits per heavy atom.